The van der Waals surface area contributed by atoms with Crippen LogP contribution in [-0.2, 0) is 29.5 Å². The van der Waals surface area contributed by atoms with Gasteiger partial charge in [-0.2, -0.15) is 5.10 Å². The molecule has 0 atom stereocenters. The number of hydrogen-bond acceptors (Lipinski definition) is 3. The van der Waals surface area contributed by atoms with E-state index in [1.165, 1.54) is 0 Å². The number of aromatic nitrogens is 2. The van der Waals surface area contributed by atoms with Gasteiger partial charge in [-0.25, -0.2) is 0 Å². The van der Waals surface area contributed by atoms with Crippen LogP contribution in [0.2, 0.25) is 0 Å². The first-order chi connectivity index (χ1) is 10.9. The van der Waals surface area contributed by atoms with Crippen molar-refractivity contribution in [3.8, 4) is 0 Å². The molecule has 2 N–H and O–H groups in total. The molecule has 6 nitrogen and oxygen atoms in total. The molecule has 0 aliphatic rings. The fraction of sp³-hybridized carbons (Fsp3) is 0.353. The fourth-order valence-electron chi connectivity index (χ4n) is 2.57. The zero-order valence-corrected chi connectivity index (χ0v) is 13.6. The molecule has 0 saturated carbocycles. The minimum atomic E-state index is -0.893. The molecule has 0 radical (unpaired) electrons. The molecule has 2 aromatic rings. The van der Waals surface area contributed by atoms with E-state index in [1.807, 2.05) is 25.6 Å². The van der Waals surface area contributed by atoms with E-state index in [1.54, 1.807) is 24.3 Å². The van der Waals surface area contributed by atoms with Gasteiger partial charge in [-0.15, -0.1) is 0 Å². The first-order valence-electron chi connectivity index (χ1n) is 7.46. The Morgan fingerprint density at radius 1 is 1.30 bits per heavy atom. The molecular weight excluding hydrogens is 294 g/mol. The van der Waals surface area contributed by atoms with Crippen molar-refractivity contribution in [1.82, 2.24) is 9.78 Å². The lowest BCUT2D eigenvalue weighted by Gasteiger charge is -2.07. The van der Waals surface area contributed by atoms with Crippen LogP contribution in [0.25, 0.3) is 0 Å². The number of amides is 1. The van der Waals surface area contributed by atoms with Crippen LogP contribution in [0.3, 0.4) is 0 Å². The van der Waals surface area contributed by atoms with E-state index >= 15 is 0 Å². The zero-order valence-electron chi connectivity index (χ0n) is 13.6. The first-order valence-corrected chi connectivity index (χ1v) is 7.46. The number of aryl methyl sites for hydroxylation is 2. The highest BCUT2D eigenvalue weighted by atomic mass is 16.4. The predicted octanol–water partition coefficient (Wildman–Crippen LogP) is 2.24. The van der Waals surface area contributed by atoms with E-state index in [-0.39, 0.29) is 12.3 Å². The summed E-state index contributed by atoms with van der Waals surface area (Å²) >= 11 is 0. The van der Waals surface area contributed by atoms with Crippen molar-refractivity contribution in [1.29, 1.82) is 0 Å². The molecule has 0 saturated heterocycles. The van der Waals surface area contributed by atoms with E-state index in [9.17, 15) is 9.59 Å². The molecule has 23 heavy (non-hydrogen) atoms. The molecule has 0 bridgehead atoms. The number of carboxylic acid groups (broad SMARTS) is 1. The Labute approximate surface area is 135 Å². The van der Waals surface area contributed by atoms with Crippen LogP contribution < -0.4 is 5.32 Å². The summed E-state index contributed by atoms with van der Waals surface area (Å²) in [6, 6.07) is 6.91. The van der Waals surface area contributed by atoms with Gasteiger partial charge in [-0.05, 0) is 43.5 Å². The second-order valence-electron chi connectivity index (χ2n) is 5.59. The van der Waals surface area contributed by atoms with Crippen LogP contribution in [0.1, 0.15) is 28.9 Å². The zero-order chi connectivity index (χ0) is 17.0. The van der Waals surface area contributed by atoms with E-state index in [2.05, 4.69) is 10.4 Å². The SMILES string of the molecule is Cc1nn(C)c(C)c1CCC(=O)Nc1cccc(CC(=O)O)c1. The minimum absolute atomic E-state index is 0.0578. The van der Waals surface area contributed by atoms with Gasteiger partial charge in [0.1, 0.15) is 0 Å². The number of hydrogen-bond donors (Lipinski definition) is 2. The molecule has 122 valence electrons. The van der Waals surface area contributed by atoms with Crippen LogP contribution in [-0.4, -0.2) is 26.8 Å². The third kappa shape index (κ3) is 4.42. The maximum Gasteiger partial charge on any atom is 0.307 e. The monoisotopic (exact) mass is 315 g/mol. The molecule has 0 fully saturated rings. The summed E-state index contributed by atoms with van der Waals surface area (Å²) in [5.41, 5.74) is 4.39. The Balaban J connectivity index is 1.96. The highest BCUT2D eigenvalue weighted by molar-refractivity contribution is 5.91. The van der Waals surface area contributed by atoms with E-state index in [0.29, 0.717) is 24.1 Å². The number of nitrogens with one attached hydrogen (secondary N) is 1. The van der Waals surface area contributed by atoms with Crippen molar-refractivity contribution >= 4 is 17.6 Å². The number of aliphatic carboxylic acids is 1. The third-order valence-electron chi connectivity index (χ3n) is 3.83. The topological polar surface area (TPSA) is 84.2 Å². The smallest absolute Gasteiger partial charge is 0.307 e. The van der Waals surface area contributed by atoms with Crippen LogP contribution >= 0.6 is 0 Å². The van der Waals surface area contributed by atoms with Crippen LogP contribution in [0.4, 0.5) is 5.69 Å². The number of anilines is 1. The van der Waals surface area contributed by atoms with Crippen LogP contribution in [0.5, 0.6) is 0 Å². The number of rotatable bonds is 6. The van der Waals surface area contributed by atoms with E-state index in [4.69, 9.17) is 5.11 Å². The van der Waals surface area contributed by atoms with E-state index < -0.39 is 5.97 Å². The van der Waals surface area contributed by atoms with Gasteiger partial charge in [0.05, 0.1) is 12.1 Å². The standard InChI is InChI=1S/C17H21N3O3/c1-11-15(12(2)20(3)19-11)7-8-16(21)18-14-6-4-5-13(9-14)10-17(22)23/h4-6,9H,7-8,10H2,1-3H3,(H,18,21)(H,22,23). The maximum atomic E-state index is 12.1. The predicted molar refractivity (Wildman–Crippen MR) is 87.4 cm³/mol. The van der Waals surface area contributed by atoms with E-state index in [0.717, 1.165) is 17.0 Å². The second kappa shape index (κ2) is 7.09. The lowest BCUT2D eigenvalue weighted by atomic mass is 10.1. The Kier molecular flexibility index (Phi) is 5.16. The van der Waals surface area contributed by atoms with Gasteiger partial charge in [0.15, 0.2) is 0 Å². The maximum absolute atomic E-state index is 12.1. The summed E-state index contributed by atoms with van der Waals surface area (Å²) < 4.78 is 1.82. The molecular formula is C17H21N3O3. The minimum Gasteiger partial charge on any atom is -0.481 e. The molecule has 1 heterocycles. The van der Waals surface area contributed by atoms with Gasteiger partial charge >= 0.3 is 5.97 Å². The molecule has 0 aliphatic heterocycles. The molecule has 6 heteroatoms. The Hall–Kier alpha value is -2.63. The van der Waals surface area contributed by atoms with Crippen molar-refractivity contribution in [3.05, 3.63) is 46.8 Å². The number of nitrogens with zero attached hydrogens (tertiary/aromatic N) is 2. The summed E-state index contributed by atoms with van der Waals surface area (Å²) in [5, 5.41) is 16.0. The number of benzene rings is 1. The second-order valence-corrected chi connectivity index (χ2v) is 5.59. The van der Waals surface area contributed by atoms with Gasteiger partial charge in [-0.3, -0.25) is 14.3 Å². The molecule has 1 amide bonds. The van der Waals surface area contributed by atoms with Gasteiger partial charge in [0.25, 0.3) is 0 Å². The van der Waals surface area contributed by atoms with Crippen molar-refractivity contribution in [2.45, 2.75) is 33.1 Å². The average Bonchev–Trinajstić information content (AvgIpc) is 2.70. The number of carboxylic acids is 1. The largest absolute Gasteiger partial charge is 0.481 e. The average molecular weight is 315 g/mol. The fourth-order valence-corrected chi connectivity index (χ4v) is 2.57. The van der Waals surface area contributed by atoms with Gasteiger partial charge in [0.2, 0.25) is 5.91 Å². The van der Waals surface area contributed by atoms with Crippen molar-refractivity contribution in [2.24, 2.45) is 7.05 Å². The van der Waals surface area contributed by atoms with Gasteiger partial charge in [0, 0.05) is 24.8 Å². The first kappa shape index (κ1) is 16.7. The lowest BCUT2D eigenvalue weighted by Crippen LogP contribution is -2.13. The molecule has 0 aliphatic carbocycles. The quantitative estimate of drug-likeness (QED) is 0.856. The summed E-state index contributed by atoms with van der Waals surface area (Å²) in [6.07, 6.45) is 0.931. The molecule has 1 aromatic carbocycles. The highest BCUT2D eigenvalue weighted by Crippen LogP contribution is 2.16. The third-order valence-corrected chi connectivity index (χ3v) is 3.83. The highest BCUT2D eigenvalue weighted by Gasteiger charge is 2.11. The molecule has 0 spiro atoms. The van der Waals surface area contributed by atoms with Gasteiger partial charge < -0.3 is 10.4 Å². The summed E-state index contributed by atoms with van der Waals surface area (Å²) in [6.45, 7) is 3.93. The van der Waals surface area contributed by atoms with Crippen molar-refractivity contribution in [3.63, 3.8) is 0 Å². The Morgan fingerprint density at radius 3 is 2.65 bits per heavy atom. The van der Waals surface area contributed by atoms with Crippen LogP contribution in [0.15, 0.2) is 24.3 Å². The molecule has 2 rings (SSSR count). The lowest BCUT2D eigenvalue weighted by molar-refractivity contribution is -0.136. The summed E-state index contributed by atoms with van der Waals surface area (Å²) in [7, 11) is 1.89. The Morgan fingerprint density at radius 2 is 2.04 bits per heavy atom. The number of carbonyl (C=O) groups excluding carboxylic acids is 1. The summed E-state index contributed by atoms with van der Waals surface area (Å²) in [5.74, 6) is -0.990. The normalized spacial score (nSPS) is 10.6. The van der Waals surface area contributed by atoms with Crippen molar-refractivity contribution in [2.75, 3.05) is 5.32 Å². The van der Waals surface area contributed by atoms with Gasteiger partial charge in [-0.1, -0.05) is 12.1 Å². The van der Waals surface area contributed by atoms with Crippen molar-refractivity contribution < 1.29 is 14.7 Å². The van der Waals surface area contributed by atoms with Crippen LogP contribution in [0, 0.1) is 13.8 Å². The molecule has 0 unspecified atom stereocenters. The number of carbonyl (C=O) groups is 2. The molecule has 1 aromatic heterocycles. The summed E-state index contributed by atoms with van der Waals surface area (Å²) in [4.78, 5) is 22.8. The Bertz CT molecular complexity index is 735.